The predicted molar refractivity (Wildman–Crippen MR) is 66.5 cm³/mol. The van der Waals surface area contributed by atoms with E-state index in [0.29, 0.717) is 23.6 Å². The van der Waals surface area contributed by atoms with Gasteiger partial charge >= 0.3 is 0 Å². The van der Waals surface area contributed by atoms with Crippen LogP contribution in [0.1, 0.15) is 24.5 Å². The monoisotopic (exact) mass is 235 g/mol. The van der Waals surface area contributed by atoms with Crippen LogP contribution in [0.3, 0.4) is 0 Å². The average molecular weight is 235 g/mol. The van der Waals surface area contributed by atoms with Crippen LogP contribution in [0.5, 0.6) is 0 Å². The van der Waals surface area contributed by atoms with Crippen molar-refractivity contribution in [2.75, 3.05) is 13.1 Å². The normalized spacial score (nSPS) is 20.7. The number of rotatable bonds is 3. The lowest BCUT2D eigenvalue weighted by Crippen LogP contribution is -2.20. The van der Waals surface area contributed by atoms with E-state index in [1.54, 1.807) is 12.1 Å². The predicted octanol–water partition coefficient (Wildman–Crippen LogP) is 1.95. The first-order valence-corrected chi connectivity index (χ1v) is 5.91. The maximum Gasteiger partial charge on any atom is 0.128 e. The number of amidine groups is 1. The Kier molecular flexibility index (Phi) is 3.43. The molecule has 3 nitrogen and oxygen atoms in total. The Bertz CT molecular complexity index is 431. The molecule has 0 radical (unpaired) electrons. The molecule has 1 aromatic rings. The second kappa shape index (κ2) is 4.84. The van der Waals surface area contributed by atoms with Crippen molar-refractivity contribution < 1.29 is 4.39 Å². The highest BCUT2D eigenvalue weighted by Crippen LogP contribution is 2.19. The Labute approximate surface area is 101 Å². The van der Waals surface area contributed by atoms with Gasteiger partial charge in [-0.05, 0) is 24.9 Å². The van der Waals surface area contributed by atoms with Gasteiger partial charge < -0.3 is 5.73 Å². The molecule has 1 aliphatic heterocycles. The molecule has 0 spiro atoms. The summed E-state index contributed by atoms with van der Waals surface area (Å²) in [6, 6.07) is 4.78. The standard InChI is InChI=1S/C13H18FN3/c1-9-4-5-17(7-9)8-11-3-2-10(13(15)16)6-12(11)14/h2-3,6,9H,4-5,7-8H2,1H3,(H3,15,16). The highest BCUT2D eigenvalue weighted by Gasteiger charge is 2.19. The van der Waals surface area contributed by atoms with Gasteiger partial charge in [-0.3, -0.25) is 10.3 Å². The van der Waals surface area contributed by atoms with Crippen LogP contribution in [0, 0.1) is 17.1 Å². The van der Waals surface area contributed by atoms with E-state index in [9.17, 15) is 4.39 Å². The third-order valence-corrected chi connectivity index (χ3v) is 3.27. The Morgan fingerprint density at radius 3 is 2.88 bits per heavy atom. The molecular formula is C13H18FN3. The molecule has 17 heavy (non-hydrogen) atoms. The zero-order valence-corrected chi connectivity index (χ0v) is 10.0. The van der Waals surface area contributed by atoms with E-state index in [-0.39, 0.29) is 11.7 Å². The van der Waals surface area contributed by atoms with E-state index < -0.39 is 0 Å². The van der Waals surface area contributed by atoms with E-state index in [1.165, 1.54) is 12.5 Å². The number of hydrogen-bond donors (Lipinski definition) is 2. The van der Waals surface area contributed by atoms with E-state index >= 15 is 0 Å². The molecule has 1 aromatic carbocycles. The van der Waals surface area contributed by atoms with Crippen LogP contribution in [0.2, 0.25) is 0 Å². The molecular weight excluding hydrogens is 217 g/mol. The van der Waals surface area contributed by atoms with Crippen LogP contribution in [0.15, 0.2) is 18.2 Å². The van der Waals surface area contributed by atoms with Gasteiger partial charge in [0.2, 0.25) is 0 Å². The number of nitrogen functional groups attached to an aromatic ring is 1. The molecule has 0 amide bonds. The average Bonchev–Trinajstić information content (AvgIpc) is 2.67. The second-order valence-electron chi connectivity index (χ2n) is 4.85. The van der Waals surface area contributed by atoms with Crippen molar-refractivity contribution in [3.05, 3.63) is 35.1 Å². The topological polar surface area (TPSA) is 53.1 Å². The van der Waals surface area contributed by atoms with E-state index in [0.717, 1.165) is 13.1 Å². The quantitative estimate of drug-likeness (QED) is 0.621. The molecule has 2 rings (SSSR count). The Hall–Kier alpha value is -1.42. The lowest BCUT2D eigenvalue weighted by atomic mass is 10.1. The lowest BCUT2D eigenvalue weighted by molar-refractivity contribution is 0.315. The molecule has 1 heterocycles. The molecule has 1 atom stereocenters. The Balaban J connectivity index is 2.09. The molecule has 0 bridgehead atoms. The molecule has 4 heteroatoms. The highest BCUT2D eigenvalue weighted by atomic mass is 19.1. The first-order chi connectivity index (χ1) is 8.06. The molecule has 1 unspecified atom stereocenters. The number of likely N-dealkylation sites (tertiary alicyclic amines) is 1. The fourth-order valence-electron chi connectivity index (χ4n) is 2.25. The van der Waals surface area contributed by atoms with Gasteiger partial charge in [-0.1, -0.05) is 19.1 Å². The lowest BCUT2D eigenvalue weighted by Gasteiger charge is -2.16. The minimum atomic E-state index is -0.266. The number of halogens is 1. The fourth-order valence-corrected chi connectivity index (χ4v) is 2.25. The van der Waals surface area contributed by atoms with Gasteiger partial charge in [0, 0.05) is 24.2 Å². The van der Waals surface area contributed by atoms with Gasteiger partial charge in [0.15, 0.2) is 0 Å². The van der Waals surface area contributed by atoms with E-state index in [2.05, 4.69) is 11.8 Å². The maximum atomic E-state index is 13.8. The molecule has 3 N–H and O–H groups in total. The second-order valence-corrected chi connectivity index (χ2v) is 4.85. The minimum Gasteiger partial charge on any atom is -0.384 e. The molecule has 1 fully saturated rings. The molecule has 0 saturated carbocycles. The fraction of sp³-hybridized carbons (Fsp3) is 0.462. The zero-order valence-electron chi connectivity index (χ0n) is 10.0. The summed E-state index contributed by atoms with van der Waals surface area (Å²) in [7, 11) is 0. The van der Waals surface area contributed by atoms with Crippen molar-refractivity contribution in [1.29, 1.82) is 5.41 Å². The van der Waals surface area contributed by atoms with Crippen LogP contribution in [-0.2, 0) is 6.54 Å². The first kappa shape index (κ1) is 12.0. The summed E-state index contributed by atoms with van der Waals surface area (Å²) in [5.74, 6) is 0.344. The summed E-state index contributed by atoms with van der Waals surface area (Å²) >= 11 is 0. The number of nitrogens with two attached hydrogens (primary N) is 1. The highest BCUT2D eigenvalue weighted by molar-refractivity contribution is 5.94. The summed E-state index contributed by atoms with van der Waals surface area (Å²) in [6.07, 6.45) is 1.19. The minimum absolute atomic E-state index is 0.0924. The smallest absolute Gasteiger partial charge is 0.128 e. The van der Waals surface area contributed by atoms with E-state index in [4.69, 9.17) is 11.1 Å². The Morgan fingerprint density at radius 2 is 2.35 bits per heavy atom. The number of benzene rings is 1. The van der Waals surface area contributed by atoms with Crippen LogP contribution in [0.25, 0.3) is 0 Å². The van der Waals surface area contributed by atoms with Crippen molar-refractivity contribution in [2.45, 2.75) is 19.9 Å². The number of nitrogens with one attached hydrogen (secondary N) is 1. The molecule has 0 aliphatic carbocycles. The zero-order chi connectivity index (χ0) is 12.4. The molecule has 1 aliphatic rings. The van der Waals surface area contributed by atoms with Gasteiger partial charge in [-0.2, -0.15) is 0 Å². The number of hydrogen-bond acceptors (Lipinski definition) is 2. The third kappa shape index (κ3) is 2.82. The molecule has 1 saturated heterocycles. The van der Waals surface area contributed by atoms with Crippen LogP contribution < -0.4 is 5.73 Å². The molecule has 92 valence electrons. The van der Waals surface area contributed by atoms with Gasteiger partial charge in [0.25, 0.3) is 0 Å². The van der Waals surface area contributed by atoms with Crippen LogP contribution in [-0.4, -0.2) is 23.8 Å². The van der Waals surface area contributed by atoms with Crippen molar-refractivity contribution in [3.8, 4) is 0 Å². The van der Waals surface area contributed by atoms with Crippen molar-refractivity contribution >= 4 is 5.84 Å². The van der Waals surface area contributed by atoms with Gasteiger partial charge in [-0.25, -0.2) is 4.39 Å². The van der Waals surface area contributed by atoms with Gasteiger partial charge in [0.05, 0.1) is 0 Å². The van der Waals surface area contributed by atoms with Crippen LogP contribution >= 0.6 is 0 Å². The van der Waals surface area contributed by atoms with Gasteiger partial charge in [-0.15, -0.1) is 0 Å². The summed E-state index contributed by atoms with van der Waals surface area (Å²) in [6.45, 7) is 4.94. The largest absolute Gasteiger partial charge is 0.384 e. The first-order valence-electron chi connectivity index (χ1n) is 5.91. The Morgan fingerprint density at radius 1 is 1.59 bits per heavy atom. The summed E-state index contributed by atoms with van der Waals surface area (Å²) < 4.78 is 13.8. The van der Waals surface area contributed by atoms with Crippen LogP contribution in [0.4, 0.5) is 4.39 Å². The maximum absolute atomic E-state index is 13.8. The number of nitrogens with zero attached hydrogens (tertiary/aromatic N) is 1. The van der Waals surface area contributed by atoms with Crippen molar-refractivity contribution in [3.63, 3.8) is 0 Å². The SMILES string of the molecule is CC1CCN(Cc2ccc(C(=N)N)cc2F)C1. The summed E-state index contributed by atoms with van der Waals surface area (Å²) in [5, 5.41) is 7.25. The third-order valence-electron chi connectivity index (χ3n) is 3.27. The van der Waals surface area contributed by atoms with Crippen molar-refractivity contribution in [2.24, 2.45) is 11.7 Å². The molecule has 0 aromatic heterocycles. The summed E-state index contributed by atoms with van der Waals surface area (Å²) in [5.41, 5.74) is 6.45. The van der Waals surface area contributed by atoms with Gasteiger partial charge in [0.1, 0.15) is 11.7 Å². The van der Waals surface area contributed by atoms with E-state index in [1.807, 2.05) is 0 Å². The van der Waals surface area contributed by atoms with Crippen molar-refractivity contribution in [1.82, 2.24) is 4.90 Å². The summed E-state index contributed by atoms with van der Waals surface area (Å²) in [4.78, 5) is 2.26.